The van der Waals surface area contributed by atoms with Crippen molar-refractivity contribution >= 4 is 11.6 Å². The number of fused-ring (bicyclic) bond motifs is 1. The summed E-state index contributed by atoms with van der Waals surface area (Å²) in [5.74, 6) is 0.640. The first-order valence-electron chi connectivity index (χ1n) is 6.58. The molecule has 0 amide bonds. The second-order valence-electron chi connectivity index (χ2n) is 4.85. The van der Waals surface area contributed by atoms with Crippen molar-refractivity contribution in [1.82, 2.24) is 4.98 Å². The Balaban J connectivity index is 2.07. The van der Waals surface area contributed by atoms with Crippen LogP contribution in [-0.4, -0.2) is 4.98 Å². The number of hydrogen-bond acceptors (Lipinski definition) is 1. The van der Waals surface area contributed by atoms with E-state index in [9.17, 15) is 0 Å². The van der Waals surface area contributed by atoms with E-state index in [-0.39, 0.29) is 0 Å². The van der Waals surface area contributed by atoms with Crippen LogP contribution in [0, 0.1) is 0 Å². The second-order valence-corrected chi connectivity index (χ2v) is 4.85. The minimum absolute atomic E-state index is 0.640. The number of aromatic nitrogens is 1. The number of nitrogens with zero attached hydrogens (tertiary/aromatic N) is 1. The number of pyridine rings is 1. The summed E-state index contributed by atoms with van der Waals surface area (Å²) in [5, 5.41) is 0. The first-order chi connectivity index (χ1) is 8.88. The first kappa shape index (κ1) is 11.2. The Kier molecular flexibility index (Phi) is 2.97. The molecule has 0 unspecified atom stereocenters. The normalized spacial score (nSPS) is 18.1. The fraction of sp³-hybridized carbons (Fsp3) is 0.235. The molecule has 1 heteroatoms. The van der Waals surface area contributed by atoms with E-state index < -0.39 is 0 Å². The molecule has 2 aromatic rings. The molecule has 1 aliphatic carbocycles. The van der Waals surface area contributed by atoms with E-state index in [0.29, 0.717) is 5.92 Å². The van der Waals surface area contributed by atoms with Crippen molar-refractivity contribution in [1.29, 1.82) is 0 Å². The van der Waals surface area contributed by atoms with Gasteiger partial charge in [0.25, 0.3) is 0 Å². The lowest BCUT2D eigenvalue weighted by atomic mass is 9.80. The highest BCUT2D eigenvalue weighted by Gasteiger charge is 2.20. The third-order valence-electron chi connectivity index (χ3n) is 3.76. The zero-order valence-electron chi connectivity index (χ0n) is 10.6. The zero-order chi connectivity index (χ0) is 12.4. The Morgan fingerprint density at radius 2 is 2.06 bits per heavy atom. The monoisotopic (exact) mass is 235 g/mol. The van der Waals surface area contributed by atoms with Gasteiger partial charge in [-0.3, -0.25) is 4.98 Å². The molecule has 0 N–H and O–H groups in total. The van der Waals surface area contributed by atoms with Crippen LogP contribution in [0.25, 0.3) is 11.6 Å². The van der Waals surface area contributed by atoms with Gasteiger partial charge in [-0.25, -0.2) is 0 Å². The molecule has 0 spiro atoms. The maximum absolute atomic E-state index is 4.23. The lowest BCUT2D eigenvalue weighted by molar-refractivity contribution is 0.676. The molecule has 0 aliphatic heterocycles. The summed E-state index contributed by atoms with van der Waals surface area (Å²) in [5.41, 5.74) is 5.53. The summed E-state index contributed by atoms with van der Waals surface area (Å²) in [6.07, 6.45) is 8.43. The van der Waals surface area contributed by atoms with E-state index in [1.54, 1.807) is 0 Å². The fourth-order valence-corrected chi connectivity index (χ4v) is 2.75. The van der Waals surface area contributed by atoms with E-state index in [0.717, 1.165) is 6.42 Å². The van der Waals surface area contributed by atoms with Gasteiger partial charge in [0, 0.05) is 12.4 Å². The molecule has 0 fully saturated rings. The van der Waals surface area contributed by atoms with Crippen molar-refractivity contribution in [3.05, 3.63) is 65.5 Å². The van der Waals surface area contributed by atoms with Crippen LogP contribution < -0.4 is 0 Å². The summed E-state index contributed by atoms with van der Waals surface area (Å²) in [7, 11) is 0. The quantitative estimate of drug-likeness (QED) is 0.745. The Morgan fingerprint density at radius 1 is 1.17 bits per heavy atom. The van der Waals surface area contributed by atoms with E-state index in [4.69, 9.17) is 0 Å². The van der Waals surface area contributed by atoms with Gasteiger partial charge in [-0.05, 0) is 47.1 Å². The van der Waals surface area contributed by atoms with Crippen molar-refractivity contribution in [3.8, 4) is 0 Å². The van der Waals surface area contributed by atoms with Crippen LogP contribution in [0.5, 0.6) is 0 Å². The first-order valence-corrected chi connectivity index (χ1v) is 6.58. The number of benzene rings is 1. The summed E-state index contributed by atoms with van der Waals surface area (Å²) in [6, 6.07) is 12.9. The average Bonchev–Trinajstić information content (AvgIpc) is 2.47. The van der Waals surface area contributed by atoms with Gasteiger partial charge in [-0.15, -0.1) is 0 Å². The Morgan fingerprint density at radius 3 is 2.83 bits per heavy atom. The molecule has 1 atom stereocenters. The van der Waals surface area contributed by atoms with Crippen molar-refractivity contribution in [2.45, 2.75) is 25.7 Å². The molecule has 1 aromatic heterocycles. The third-order valence-corrected chi connectivity index (χ3v) is 3.76. The Labute approximate surface area is 108 Å². The van der Waals surface area contributed by atoms with Gasteiger partial charge in [0.2, 0.25) is 0 Å². The second kappa shape index (κ2) is 4.77. The number of rotatable bonds is 2. The van der Waals surface area contributed by atoms with E-state index >= 15 is 0 Å². The molecule has 0 bridgehead atoms. The average molecular weight is 235 g/mol. The third kappa shape index (κ3) is 1.97. The van der Waals surface area contributed by atoms with Gasteiger partial charge in [0.05, 0.1) is 0 Å². The summed E-state index contributed by atoms with van der Waals surface area (Å²) < 4.78 is 0. The molecule has 0 radical (unpaired) electrons. The van der Waals surface area contributed by atoms with E-state index in [1.165, 1.54) is 28.7 Å². The topological polar surface area (TPSA) is 12.9 Å². The number of allylic oxidation sites excluding steroid dienone is 1. The van der Waals surface area contributed by atoms with Gasteiger partial charge >= 0.3 is 0 Å². The fourth-order valence-electron chi connectivity index (χ4n) is 2.75. The molecule has 18 heavy (non-hydrogen) atoms. The highest BCUT2D eigenvalue weighted by atomic mass is 14.6. The van der Waals surface area contributed by atoms with Crippen molar-refractivity contribution in [2.75, 3.05) is 0 Å². The standard InChI is InChI=1S/C17H17N/c1-2-13-10-16(15-7-5-9-18-12-15)11-14-6-3-4-8-17(13)14/h3-9,11-13H,2,10H2,1H3/t13-/m1/s1. The summed E-state index contributed by atoms with van der Waals surface area (Å²) in [4.78, 5) is 4.23. The highest BCUT2D eigenvalue weighted by Crippen LogP contribution is 2.39. The predicted octanol–water partition coefficient (Wildman–Crippen LogP) is 4.52. The lowest BCUT2D eigenvalue weighted by Crippen LogP contribution is -2.06. The molecule has 0 saturated carbocycles. The summed E-state index contributed by atoms with van der Waals surface area (Å²) in [6.45, 7) is 2.27. The maximum atomic E-state index is 4.23. The minimum atomic E-state index is 0.640. The van der Waals surface area contributed by atoms with Crippen LogP contribution in [0.3, 0.4) is 0 Å². The predicted molar refractivity (Wildman–Crippen MR) is 76.2 cm³/mol. The molecule has 1 heterocycles. The van der Waals surface area contributed by atoms with Crippen LogP contribution in [0.15, 0.2) is 48.8 Å². The van der Waals surface area contributed by atoms with Gasteiger partial charge in [0.15, 0.2) is 0 Å². The molecule has 0 saturated heterocycles. The SMILES string of the molecule is CC[C@@H]1CC(c2cccnc2)=Cc2ccccc21. The molecule has 1 aromatic carbocycles. The molecular formula is C17H17N. The zero-order valence-corrected chi connectivity index (χ0v) is 10.6. The van der Waals surface area contributed by atoms with E-state index in [2.05, 4.69) is 48.3 Å². The van der Waals surface area contributed by atoms with Crippen LogP contribution in [-0.2, 0) is 0 Å². The Hall–Kier alpha value is -1.89. The molecular weight excluding hydrogens is 218 g/mol. The van der Waals surface area contributed by atoms with Gasteiger partial charge < -0.3 is 0 Å². The minimum Gasteiger partial charge on any atom is -0.264 e. The molecule has 1 aliphatic rings. The molecule has 3 rings (SSSR count). The number of hydrogen-bond donors (Lipinski definition) is 0. The van der Waals surface area contributed by atoms with Crippen molar-refractivity contribution in [2.24, 2.45) is 0 Å². The maximum Gasteiger partial charge on any atom is 0.0343 e. The summed E-state index contributed by atoms with van der Waals surface area (Å²) >= 11 is 0. The van der Waals surface area contributed by atoms with Gasteiger partial charge in [0.1, 0.15) is 0 Å². The molecule has 1 nitrogen and oxygen atoms in total. The smallest absolute Gasteiger partial charge is 0.0343 e. The van der Waals surface area contributed by atoms with Gasteiger partial charge in [-0.2, -0.15) is 0 Å². The van der Waals surface area contributed by atoms with Crippen LogP contribution in [0.2, 0.25) is 0 Å². The highest BCUT2D eigenvalue weighted by molar-refractivity contribution is 5.84. The largest absolute Gasteiger partial charge is 0.264 e. The van der Waals surface area contributed by atoms with Crippen LogP contribution in [0.1, 0.15) is 42.4 Å². The van der Waals surface area contributed by atoms with Crippen LogP contribution >= 0.6 is 0 Å². The van der Waals surface area contributed by atoms with Crippen LogP contribution in [0.4, 0.5) is 0 Å². The van der Waals surface area contributed by atoms with E-state index in [1.807, 2.05) is 18.5 Å². The van der Waals surface area contributed by atoms with Crippen molar-refractivity contribution < 1.29 is 0 Å². The Bertz CT molecular complexity index is 569. The lowest BCUT2D eigenvalue weighted by Gasteiger charge is -2.24. The molecule has 90 valence electrons. The van der Waals surface area contributed by atoms with Crippen molar-refractivity contribution in [3.63, 3.8) is 0 Å². The van der Waals surface area contributed by atoms with Gasteiger partial charge in [-0.1, -0.05) is 43.3 Å².